The molecular formula is C10H19N5O2. The molecular weight excluding hydrogens is 222 g/mol. The molecule has 0 aliphatic rings. The van der Waals surface area contributed by atoms with E-state index in [0.717, 1.165) is 0 Å². The molecule has 17 heavy (non-hydrogen) atoms. The average Bonchev–Trinajstić information content (AvgIpc) is 2.75. The molecule has 96 valence electrons. The van der Waals surface area contributed by atoms with Crippen LogP contribution in [0.2, 0.25) is 0 Å². The van der Waals surface area contributed by atoms with Crippen molar-refractivity contribution in [2.45, 2.75) is 39.3 Å². The highest BCUT2D eigenvalue weighted by Crippen LogP contribution is 2.09. The van der Waals surface area contributed by atoms with Gasteiger partial charge in [-0.25, -0.2) is 4.68 Å². The van der Waals surface area contributed by atoms with Crippen LogP contribution in [0.15, 0.2) is 0 Å². The predicted molar refractivity (Wildman–Crippen MR) is 61.2 cm³/mol. The van der Waals surface area contributed by atoms with E-state index in [4.69, 9.17) is 5.11 Å². The smallest absolute Gasteiger partial charge is 0.244 e. The Hall–Kier alpha value is -1.50. The highest BCUT2D eigenvalue weighted by atomic mass is 16.3. The minimum Gasteiger partial charge on any atom is -0.394 e. The van der Waals surface area contributed by atoms with Crippen LogP contribution in [-0.2, 0) is 11.3 Å². The lowest BCUT2D eigenvalue weighted by atomic mass is 10.2. The van der Waals surface area contributed by atoms with Gasteiger partial charge in [-0.15, -0.1) is 5.10 Å². The van der Waals surface area contributed by atoms with E-state index in [9.17, 15) is 4.79 Å². The third-order valence-corrected chi connectivity index (χ3v) is 2.68. The fourth-order valence-electron chi connectivity index (χ4n) is 1.35. The van der Waals surface area contributed by atoms with Gasteiger partial charge < -0.3 is 10.0 Å². The molecule has 1 N–H and O–H groups in total. The van der Waals surface area contributed by atoms with Crippen molar-refractivity contribution in [1.29, 1.82) is 0 Å². The standard InChI is InChI=1S/C10H19N5O2/c1-7(2)10-11-12-13-15(10)5-9(17)14(4)8(3)6-16/h7-8,16H,5-6H2,1-4H3. The number of hydrogen-bond acceptors (Lipinski definition) is 5. The molecule has 1 amide bonds. The SMILES string of the molecule is CC(C)c1nnnn1CC(=O)N(C)C(C)CO. The van der Waals surface area contributed by atoms with Gasteiger partial charge in [0.15, 0.2) is 5.82 Å². The predicted octanol–water partition coefficient (Wildman–Crippen LogP) is -0.364. The molecule has 0 fully saturated rings. The molecule has 0 aromatic carbocycles. The van der Waals surface area contributed by atoms with Crippen LogP contribution in [0.3, 0.4) is 0 Å². The van der Waals surface area contributed by atoms with Crippen LogP contribution >= 0.6 is 0 Å². The molecule has 1 aromatic heterocycles. The summed E-state index contributed by atoms with van der Waals surface area (Å²) in [4.78, 5) is 13.4. The second kappa shape index (κ2) is 5.72. The Morgan fingerprint density at radius 2 is 2.12 bits per heavy atom. The van der Waals surface area contributed by atoms with Gasteiger partial charge >= 0.3 is 0 Å². The zero-order valence-corrected chi connectivity index (χ0v) is 10.7. The summed E-state index contributed by atoms with van der Waals surface area (Å²) in [5.41, 5.74) is 0. The number of amides is 1. The van der Waals surface area contributed by atoms with Gasteiger partial charge in [0.25, 0.3) is 0 Å². The molecule has 0 spiro atoms. The normalized spacial score (nSPS) is 12.8. The molecule has 1 heterocycles. The van der Waals surface area contributed by atoms with Crippen molar-refractivity contribution in [2.24, 2.45) is 0 Å². The lowest BCUT2D eigenvalue weighted by Gasteiger charge is -2.23. The Morgan fingerprint density at radius 3 is 2.65 bits per heavy atom. The summed E-state index contributed by atoms with van der Waals surface area (Å²) in [6, 6.07) is -0.207. The maximum Gasteiger partial charge on any atom is 0.244 e. The van der Waals surface area contributed by atoms with Crippen LogP contribution in [0.5, 0.6) is 0 Å². The van der Waals surface area contributed by atoms with Gasteiger partial charge in [-0.05, 0) is 17.4 Å². The van der Waals surface area contributed by atoms with Gasteiger partial charge in [-0.2, -0.15) is 0 Å². The highest BCUT2D eigenvalue weighted by molar-refractivity contribution is 5.75. The molecule has 1 atom stereocenters. The van der Waals surface area contributed by atoms with Gasteiger partial charge in [0.05, 0.1) is 12.6 Å². The number of carbonyl (C=O) groups excluding carboxylic acids is 1. The molecule has 0 saturated carbocycles. The van der Waals surface area contributed by atoms with Gasteiger partial charge in [0, 0.05) is 13.0 Å². The second-order valence-electron chi connectivity index (χ2n) is 4.39. The molecule has 7 nitrogen and oxygen atoms in total. The summed E-state index contributed by atoms with van der Waals surface area (Å²) >= 11 is 0. The number of hydrogen-bond donors (Lipinski definition) is 1. The topological polar surface area (TPSA) is 84.1 Å². The number of nitrogens with zero attached hydrogens (tertiary/aromatic N) is 5. The lowest BCUT2D eigenvalue weighted by molar-refractivity contribution is -0.133. The summed E-state index contributed by atoms with van der Waals surface area (Å²) in [6.07, 6.45) is 0. The van der Waals surface area contributed by atoms with Gasteiger partial charge in [-0.1, -0.05) is 13.8 Å². The molecule has 1 unspecified atom stereocenters. The number of carbonyl (C=O) groups is 1. The number of tetrazole rings is 1. The number of aliphatic hydroxyl groups excluding tert-OH is 1. The molecule has 0 saturated heterocycles. The number of aromatic nitrogens is 4. The molecule has 1 aromatic rings. The monoisotopic (exact) mass is 241 g/mol. The second-order valence-corrected chi connectivity index (χ2v) is 4.39. The van der Waals surface area contributed by atoms with E-state index >= 15 is 0 Å². The Morgan fingerprint density at radius 1 is 1.47 bits per heavy atom. The van der Waals surface area contributed by atoms with E-state index in [1.165, 1.54) is 9.58 Å². The van der Waals surface area contributed by atoms with Crippen LogP contribution < -0.4 is 0 Å². The minimum absolute atomic E-state index is 0.0606. The zero-order chi connectivity index (χ0) is 13.0. The number of rotatable bonds is 5. The fourth-order valence-corrected chi connectivity index (χ4v) is 1.35. The molecule has 0 aliphatic carbocycles. The molecule has 0 aliphatic heterocycles. The van der Waals surface area contributed by atoms with E-state index in [1.54, 1.807) is 14.0 Å². The summed E-state index contributed by atoms with van der Waals surface area (Å²) in [5, 5.41) is 20.2. The van der Waals surface area contributed by atoms with Gasteiger partial charge in [-0.3, -0.25) is 4.79 Å². The Bertz CT molecular complexity index is 377. The third-order valence-electron chi connectivity index (χ3n) is 2.68. The first-order chi connectivity index (χ1) is 7.97. The van der Waals surface area contributed by atoms with Crippen molar-refractivity contribution in [1.82, 2.24) is 25.1 Å². The van der Waals surface area contributed by atoms with Gasteiger partial charge in [0.2, 0.25) is 5.91 Å². The fraction of sp³-hybridized carbons (Fsp3) is 0.800. The first kappa shape index (κ1) is 13.6. The summed E-state index contributed by atoms with van der Waals surface area (Å²) in [7, 11) is 1.66. The molecule has 0 radical (unpaired) electrons. The van der Waals surface area contributed by atoms with Crippen LogP contribution in [-0.4, -0.2) is 55.8 Å². The van der Waals surface area contributed by atoms with Crippen LogP contribution in [0.25, 0.3) is 0 Å². The summed E-state index contributed by atoms with van der Waals surface area (Å²) in [5.74, 6) is 0.725. The van der Waals surface area contributed by atoms with Crippen LogP contribution in [0.4, 0.5) is 0 Å². The van der Waals surface area contributed by atoms with Crippen molar-refractivity contribution in [3.05, 3.63) is 5.82 Å². The highest BCUT2D eigenvalue weighted by Gasteiger charge is 2.18. The third kappa shape index (κ3) is 3.23. The van der Waals surface area contributed by atoms with E-state index < -0.39 is 0 Å². The van der Waals surface area contributed by atoms with Crippen molar-refractivity contribution in [2.75, 3.05) is 13.7 Å². The zero-order valence-electron chi connectivity index (χ0n) is 10.7. The molecule has 7 heteroatoms. The van der Waals surface area contributed by atoms with E-state index in [0.29, 0.717) is 5.82 Å². The Kier molecular flexibility index (Phi) is 4.56. The minimum atomic E-state index is -0.207. The first-order valence-corrected chi connectivity index (χ1v) is 5.60. The Balaban J connectivity index is 2.71. The summed E-state index contributed by atoms with van der Waals surface area (Å²) < 4.78 is 1.49. The lowest BCUT2D eigenvalue weighted by Crippen LogP contribution is -2.39. The van der Waals surface area contributed by atoms with E-state index in [2.05, 4.69) is 15.5 Å². The van der Waals surface area contributed by atoms with E-state index in [-0.39, 0.29) is 31.0 Å². The quantitative estimate of drug-likeness (QED) is 0.760. The largest absolute Gasteiger partial charge is 0.394 e. The van der Waals surface area contributed by atoms with Crippen molar-refractivity contribution < 1.29 is 9.90 Å². The first-order valence-electron chi connectivity index (χ1n) is 5.60. The maximum atomic E-state index is 11.9. The van der Waals surface area contributed by atoms with E-state index in [1.807, 2.05) is 13.8 Å². The molecule has 0 bridgehead atoms. The van der Waals surface area contributed by atoms with Gasteiger partial charge in [0.1, 0.15) is 6.54 Å². The van der Waals surface area contributed by atoms with Crippen molar-refractivity contribution >= 4 is 5.91 Å². The molecule has 1 rings (SSSR count). The van der Waals surface area contributed by atoms with Crippen LogP contribution in [0.1, 0.15) is 32.5 Å². The maximum absolute atomic E-state index is 11.9. The average molecular weight is 241 g/mol. The van der Waals surface area contributed by atoms with Crippen molar-refractivity contribution in [3.63, 3.8) is 0 Å². The number of likely N-dealkylation sites (N-methyl/N-ethyl adjacent to an activating group) is 1. The van der Waals surface area contributed by atoms with Crippen LogP contribution in [0, 0.1) is 0 Å². The summed E-state index contributed by atoms with van der Waals surface area (Å²) in [6.45, 7) is 5.75. The Labute approximate surface area is 100 Å². The van der Waals surface area contributed by atoms with Crippen molar-refractivity contribution in [3.8, 4) is 0 Å². The number of aliphatic hydroxyl groups is 1.